The Morgan fingerprint density at radius 2 is 1.48 bits per heavy atom. The summed E-state index contributed by atoms with van der Waals surface area (Å²) in [6, 6.07) is 6.36. The number of hydrogen-bond acceptors (Lipinski definition) is 2. The van der Waals surface area contributed by atoms with Gasteiger partial charge in [0.2, 0.25) is 0 Å². The molecule has 0 aliphatic heterocycles. The normalized spacial score (nSPS) is 14.5. The van der Waals surface area contributed by atoms with Gasteiger partial charge < -0.3 is 0 Å². The van der Waals surface area contributed by atoms with E-state index in [2.05, 4.69) is 0 Å². The highest BCUT2D eigenvalue weighted by atomic mass is 35.5. The average molecular weight is 491 g/mol. The van der Waals surface area contributed by atoms with Crippen molar-refractivity contribution < 1.29 is 39.2 Å². The van der Waals surface area contributed by atoms with E-state index in [1.807, 2.05) is 0 Å². The molecule has 0 aromatic heterocycles. The van der Waals surface area contributed by atoms with Crippen molar-refractivity contribution in [1.82, 2.24) is 0 Å². The molecule has 11 heteroatoms. The van der Waals surface area contributed by atoms with Gasteiger partial charge in [-0.3, -0.25) is 0 Å². The number of alkyl halides is 7. The summed E-state index contributed by atoms with van der Waals surface area (Å²) in [6.07, 6.45) is -11.4. The monoisotopic (exact) mass is 490 g/mol. The zero-order valence-electron chi connectivity index (χ0n) is 16.5. The first-order valence-corrected chi connectivity index (χ1v) is 11.2. The number of rotatable bonds is 5. The molecule has 0 heterocycles. The second-order valence-corrected chi connectivity index (χ2v) is 9.97. The summed E-state index contributed by atoms with van der Waals surface area (Å²) in [6.45, 7) is 2.81. The van der Waals surface area contributed by atoms with Gasteiger partial charge in [0.25, 0.3) is 0 Å². The lowest BCUT2D eigenvalue weighted by Gasteiger charge is -2.31. The van der Waals surface area contributed by atoms with Gasteiger partial charge in [-0.1, -0.05) is 48.9 Å². The lowest BCUT2D eigenvalue weighted by atomic mass is 9.86. The Morgan fingerprint density at radius 3 is 1.94 bits per heavy atom. The third-order valence-corrected chi connectivity index (χ3v) is 6.23. The maximum Gasteiger partial charge on any atom is 0.435 e. The number of hydrogen-bond donors (Lipinski definition) is 0. The molecule has 31 heavy (non-hydrogen) atoms. The fourth-order valence-corrected chi connectivity index (χ4v) is 4.91. The predicted molar refractivity (Wildman–Crippen MR) is 105 cm³/mol. The minimum Gasteiger partial charge on any atom is -0.229 e. The molecule has 1 atom stereocenters. The van der Waals surface area contributed by atoms with Gasteiger partial charge in [0.15, 0.2) is 0 Å². The topological polar surface area (TPSA) is 34.1 Å². The Balaban J connectivity index is 2.68. The molecule has 0 saturated heterocycles. The summed E-state index contributed by atoms with van der Waals surface area (Å²) in [4.78, 5) is 0. The summed E-state index contributed by atoms with van der Waals surface area (Å²) < 4.78 is 116. The van der Waals surface area contributed by atoms with Crippen molar-refractivity contribution >= 4 is 21.4 Å². The predicted octanol–water partition coefficient (Wildman–Crippen LogP) is 6.75. The maximum absolute atomic E-state index is 14.4. The number of sulfone groups is 1. The smallest absolute Gasteiger partial charge is 0.229 e. The molecule has 0 fully saturated rings. The lowest BCUT2D eigenvalue weighted by molar-refractivity contribution is -0.348. The minimum atomic E-state index is -6.22. The molecule has 0 aliphatic rings. The zero-order valence-corrected chi connectivity index (χ0v) is 18.1. The van der Waals surface area contributed by atoms with E-state index in [0.29, 0.717) is 23.3 Å². The lowest BCUT2D eigenvalue weighted by Crippen LogP contribution is -2.50. The van der Waals surface area contributed by atoms with E-state index < -0.39 is 39.3 Å². The van der Waals surface area contributed by atoms with Gasteiger partial charge in [0.05, 0.1) is 5.75 Å². The molecule has 0 bridgehead atoms. The molecular formula is C20H18ClF7O2S. The largest absolute Gasteiger partial charge is 0.435 e. The Morgan fingerprint density at radius 1 is 0.935 bits per heavy atom. The Hall–Kier alpha value is -1.81. The molecule has 0 saturated carbocycles. The van der Waals surface area contributed by atoms with E-state index in [4.69, 9.17) is 11.6 Å². The van der Waals surface area contributed by atoms with Crippen LogP contribution in [0.3, 0.4) is 0 Å². The van der Waals surface area contributed by atoms with Crippen LogP contribution >= 0.6 is 11.6 Å². The summed E-state index contributed by atoms with van der Waals surface area (Å²) >= 11 is 6.23. The SMILES string of the molecule is Cc1cc(C(F)(C(F)(F)F)C(F)(F)F)ccc1-c1cccc(Cl)c1[C@H](C)CS(C)(=O)=O. The van der Waals surface area contributed by atoms with E-state index in [0.717, 1.165) is 12.3 Å². The molecule has 2 nitrogen and oxygen atoms in total. The zero-order chi connectivity index (χ0) is 24.0. The molecule has 0 radical (unpaired) electrons. The van der Waals surface area contributed by atoms with Crippen LogP contribution in [0.25, 0.3) is 11.1 Å². The molecule has 0 aliphatic carbocycles. The summed E-state index contributed by atoms with van der Waals surface area (Å²) in [5.41, 5.74) is -6.30. The fourth-order valence-electron chi connectivity index (χ4n) is 3.48. The molecule has 0 N–H and O–H groups in total. The van der Waals surface area contributed by atoms with Gasteiger partial charge in [-0.15, -0.1) is 0 Å². The van der Waals surface area contributed by atoms with E-state index in [1.165, 1.54) is 25.1 Å². The van der Waals surface area contributed by atoms with E-state index in [9.17, 15) is 39.2 Å². The van der Waals surface area contributed by atoms with Crippen LogP contribution in [0.1, 0.15) is 29.5 Å². The Bertz CT molecular complexity index is 1060. The van der Waals surface area contributed by atoms with Crippen LogP contribution in [-0.4, -0.2) is 32.8 Å². The number of aryl methyl sites for hydroxylation is 1. The van der Waals surface area contributed by atoms with Gasteiger partial charge in [-0.2, -0.15) is 26.3 Å². The first-order valence-electron chi connectivity index (χ1n) is 8.80. The molecule has 0 unspecified atom stereocenters. The van der Waals surface area contributed by atoms with Gasteiger partial charge in [-0.25, -0.2) is 12.8 Å². The van der Waals surface area contributed by atoms with Gasteiger partial charge in [0, 0.05) is 16.8 Å². The highest BCUT2D eigenvalue weighted by Crippen LogP contribution is 2.53. The van der Waals surface area contributed by atoms with Crippen molar-refractivity contribution in [2.24, 2.45) is 0 Å². The third kappa shape index (κ3) is 5.00. The second-order valence-electron chi connectivity index (χ2n) is 7.38. The second kappa shape index (κ2) is 8.27. The molecule has 172 valence electrons. The molecule has 2 aromatic rings. The molecule has 0 spiro atoms. The van der Waals surface area contributed by atoms with Crippen molar-refractivity contribution in [3.05, 3.63) is 58.1 Å². The minimum absolute atomic E-state index is 0.0666. The quantitative estimate of drug-likeness (QED) is 0.434. The van der Waals surface area contributed by atoms with Crippen molar-refractivity contribution in [3.8, 4) is 11.1 Å². The van der Waals surface area contributed by atoms with E-state index in [-0.39, 0.29) is 21.9 Å². The maximum atomic E-state index is 14.4. The van der Waals surface area contributed by atoms with Crippen molar-refractivity contribution in [3.63, 3.8) is 0 Å². The van der Waals surface area contributed by atoms with Crippen LogP contribution in [0.4, 0.5) is 30.7 Å². The van der Waals surface area contributed by atoms with Crippen LogP contribution in [-0.2, 0) is 15.5 Å². The summed E-state index contributed by atoms with van der Waals surface area (Å²) in [7, 11) is -3.41. The van der Waals surface area contributed by atoms with Crippen molar-refractivity contribution in [2.75, 3.05) is 12.0 Å². The Labute approximate surface area is 179 Å². The third-order valence-electron chi connectivity index (χ3n) is 4.79. The number of halogens is 8. The molecular weight excluding hydrogens is 473 g/mol. The molecule has 2 aromatic carbocycles. The van der Waals surface area contributed by atoms with Crippen LogP contribution < -0.4 is 0 Å². The van der Waals surface area contributed by atoms with Crippen LogP contribution in [0.5, 0.6) is 0 Å². The van der Waals surface area contributed by atoms with Crippen molar-refractivity contribution in [1.29, 1.82) is 0 Å². The van der Waals surface area contributed by atoms with Crippen LogP contribution in [0.2, 0.25) is 5.02 Å². The summed E-state index contributed by atoms with van der Waals surface area (Å²) in [5, 5.41) is 0.183. The van der Waals surface area contributed by atoms with Gasteiger partial charge in [-0.05, 0) is 41.2 Å². The van der Waals surface area contributed by atoms with E-state index >= 15 is 0 Å². The van der Waals surface area contributed by atoms with Crippen molar-refractivity contribution in [2.45, 2.75) is 37.8 Å². The molecule has 2 rings (SSSR count). The summed E-state index contributed by atoms with van der Waals surface area (Å²) in [5.74, 6) is -0.903. The molecule has 0 amide bonds. The highest BCUT2D eigenvalue weighted by molar-refractivity contribution is 7.90. The van der Waals surface area contributed by atoms with E-state index in [1.54, 1.807) is 6.92 Å². The standard InChI is InChI=1S/C20H18ClF7O2S/c1-11-9-13(18(22,19(23,24)25)20(26,27)28)7-8-14(11)15-5-4-6-16(21)17(15)12(2)10-31(3,29)30/h4-9,12H,10H2,1-3H3/t12-/m1/s1. The fraction of sp³-hybridized carbons (Fsp3) is 0.400. The van der Waals surface area contributed by atoms with Crippen LogP contribution in [0, 0.1) is 6.92 Å². The van der Waals surface area contributed by atoms with Gasteiger partial charge in [0.1, 0.15) is 9.84 Å². The highest BCUT2D eigenvalue weighted by Gasteiger charge is 2.73. The first-order chi connectivity index (χ1) is 13.9. The van der Waals surface area contributed by atoms with Gasteiger partial charge >= 0.3 is 18.0 Å². The Kier molecular flexibility index (Phi) is 6.79. The first kappa shape index (κ1) is 25.5. The average Bonchev–Trinajstić information content (AvgIpc) is 2.57. The van der Waals surface area contributed by atoms with Crippen LogP contribution in [0.15, 0.2) is 36.4 Å². The number of benzene rings is 2.